The highest BCUT2D eigenvalue weighted by Crippen LogP contribution is 2.33. The molecule has 0 aliphatic carbocycles. The van der Waals surface area contributed by atoms with Crippen molar-refractivity contribution in [3.8, 4) is 22.9 Å². The third-order valence-corrected chi connectivity index (χ3v) is 6.13. The number of carbonyl (C=O) groups excluding carboxylic acids is 1. The van der Waals surface area contributed by atoms with Gasteiger partial charge in [-0.1, -0.05) is 55.9 Å². The zero-order valence-electron chi connectivity index (χ0n) is 17.6. The van der Waals surface area contributed by atoms with Gasteiger partial charge in [0, 0.05) is 11.5 Å². The molecule has 0 saturated heterocycles. The summed E-state index contributed by atoms with van der Waals surface area (Å²) in [6.07, 6.45) is 0. The van der Waals surface area contributed by atoms with Crippen LogP contribution in [0.1, 0.15) is 20.8 Å². The van der Waals surface area contributed by atoms with Crippen molar-refractivity contribution in [1.29, 1.82) is 5.26 Å². The normalized spacial score (nSPS) is 12.9. The molecule has 0 aliphatic rings. The quantitative estimate of drug-likeness (QED) is 0.542. The average Bonchev–Trinajstić information content (AvgIpc) is 2.77. The number of nitrogens with one attached hydrogen (secondary N) is 1. The number of hydrogen-bond acceptors (Lipinski definition) is 5. The molecule has 0 saturated carbocycles. The summed E-state index contributed by atoms with van der Waals surface area (Å²) in [4.78, 5) is 17.2. The van der Waals surface area contributed by atoms with Crippen molar-refractivity contribution >= 4 is 28.6 Å². The molecule has 0 fully saturated rings. The van der Waals surface area contributed by atoms with Crippen LogP contribution < -0.4 is 10.1 Å². The van der Waals surface area contributed by atoms with Gasteiger partial charge in [0.1, 0.15) is 11.3 Å². The second kappa shape index (κ2) is 9.19. The van der Waals surface area contributed by atoms with Gasteiger partial charge in [0.25, 0.3) is 0 Å². The second-order valence-corrected chi connectivity index (χ2v) is 8.56. The smallest absolute Gasteiger partial charge is 0.231 e. The number of rotatable bonds is 7. The third-order valence-electron chi connectivity index (χ3n) is 5.22. The van der Waals surface area contributed by atoms with Crippen molar-refractivity contribution in [3.05, 3.63) is 54.6 Å². The number of ether oxygens (including phenoxy) is 1. The van der Waals surface area contributed by atoms with Crippen LogP contribution in [0.5, 0.6) is 5.75 Å². The fourth-order valence-electron chi connectivity index (χ4n) is 3.01. The third kappa shape index (κ3) is 4.74. The van der Waals surface area contributed by atoms with Crippen LogP contribution in [0.15, 0.2) is 59.6 Å². The first kappa shape index (κ1) is 21.7. The van der Waals surface area contributed by atoms with E-state index in [0.29, 0.717) is 0 Å². The summed E-state index contributed by atoms with van der Waals surface area (Å²) in [5.74, 6) is 0.732. The van der Waals surface area contributed by atoms with E-state index >= 15 is 0 Å². The topological polar surface area (TPSA) is 75.0 Å². The van der Waals surface area contributed by atoms with Gasteiger partial charge in [-0.3, -0.25) is 4.79 Å². The number of nitrogens with zero attached hydrogens (tertiary/aromatic N) is 2. The van der Waals surface area contributed by atoms with Gasteiger partial charge in [0.2, 0.25) is 5.91 Å². The van der Waals surface area contributed by atoms with Crippen LogP contribution in [0.3, 0.4) is 0 Å². The SMILES string of the molecule is COc1ccc2c(-c3ccccc3)cc(SCC(=O)NC(C)(C#N)C(C)C)nc2c1. The molecule has 1 unspecified atom stereocenters. The molecular weight excluding hydrogens is 394 g/mol. The maximum atomic E-state index is 12.5. The summed E-state index contributed by atoms with van der Waals surface area (Å²) in [5.41, 5.74) is 2.05. The van der Waals surface area contributed by atoms with Crippen molar-refractivity contribution in [1.82, 2.24) is 10.3 Å². The molecule has 1 heterocycles. The minimum atomic E-state index is -0.892. The van der Waals surface area contributed by atoms with E-state index in [4.69, 9.17) is 9.72 Å². The summed E-state index contributed by atoms with van der Waals surface area (Å²) in [6.45, 7) is 5.58. The molecule has 154 valence electrons. The number of methoxy groups -OCH3 is 1. The van der Waals surface area contributed by atoms with Gasteiger partial charge < -0.3 is 10.1 Å². The minimum absolute atomic E-state index is 0.00684. The van der Waals surface area contributed by atoms with Gasteiger partial charge in [-0.05, 0) is 42.2 Å². The van der Waals surface area contributed by atoms with Crippen molar-refractivity contribution in [3.63, 3.8) is 0 Å². The van der Waals surface area contributed by atoms with Gasteiger partial charge >= 0.3 is 0 Å². The first-order valence-corrected chi connectivity index (χ1v) is 10.7. The Morgan fingerprint density at radius 2 is 1.97 bits per heavy atom. The molecule has 5 nitrogen and oxygen atoms in total. The molecule has 0 spiro atoms. The summed E-state index contributed by atoms with van der Waals surface area (Å²) in [6, 6.07) is 20.1. The number of hydrogen-bond donors (Lipinski definition) is 1. The molecule has 0 bridgehead atoms. The molecule has 6 heteroatoms. The van der Waals surface area contributed by atoms with Crippen molar-refractivity contribution in [2.75, 3.05) is 12.9 Å². The maximum absolute atomic E-state index is 12.5. The van der Waals surface area contributed by atoms with Gasteiger partial charge in [-0.2, -0.15) is 5.26 Å². The number of aromatic nitrogens is 1. The van der Waals surface area contributed by atoms with Gasteiger partial charge in [-0.15, -0.1) is 0 Å². The summed E-state index contributed by atoms with van der Waals surface area (Å²) in [5, 5.41) is 14.0. The van der Waals surface area contributed by atoms with E-state index in [-0.39, 0.29) is 17.6 Å². The van der Waals surface area contributed by atoms with E-state index < -0.39 is 5.54 Å². The van der Waals surface area contributed by atoms with Crippen LogP contribution in [0, 0.1) is 17.2 Å². The highest BCUT2D eigenvalue weighted by molar-refractivity contribution is 7.99. The lowest BCUT2D eigenvalue weighted by molar-refractivity contribution is -0.120. The Balaban J connectivity index is 1.91. The Morgan fingerprint density at radius 3 is 2.60 bits per heavy atom. The zero-order valence-corrected chi connectivity index (χ0v) is 18.4. The number of pyridine rings is 1. The predicted octanol–water partition coefficient (Wildman–Crippen LogP) is 5.06. The number of amides is 1. The first-order chi connectivity index (χ1) is 14.4. The number of thioether (sulfide) groups is 1. The molecule has 0 radical (unpaired) electrons. The highest BCUT2D eigenvalue weighted by Gasteiger charge is 2.29. The van der Waals surface area contributed by atoms with E-state index in [9.17, 15) is 10.1 Å². The maximum Gasteiger partial charge on any atom is 0.231 e. The molecule has 30 heavy (non-hydrogen) atoms. The molecule has 1 atom stereocenters. The van der Waals surface area contributed by atoms with Crippen molar-refractivity contribution < 1.29 is 9.53 Å². The Hall–Kier alpha value is -3.04. The average molecular weight is 420 g/mol. The Bertz CT molecular complexity index is 1090. The van der Waals surface area contributed by atoms with E-state index in [1.807, 2.05) is 56.3 Å². The van der Waals surface area contributed by atoms with Crippen LogP contribution in [-0.2, 0) is 4.79 Å². The molecule has 1 aromatic heterocycles. The second-order valence-electron chi connectivity index (χ2n) is 7.56. The lowest BCUT2D eigenvalue weighted by Gasteiger charge is -2.27. The van der Waals surface area contributed by atoms with Crippen molar-refractivity contribution in [2.24, 2.45) is 5.92 Å². The Labute approximate surface area is 181 Å². The molecule has 3 rings (SSSR count). The molecular formula is C24H25N3O2S. The zero-order chi connectivity index (χ0) is 21.7. The van der Waals surface area contributed by atoms with E-state index in [2.05, 4.69) is 23.5 Å². The van der Waals surface area contributed by atoms with E-state index in [0.717, 1.165) is 32.8 Å². The standard InChI is InChI=1S/C24H25N3O2S/c1-16(2)24(3,15-25)27-22(28)14-30-23-13-20(17-8-6-5-7-9-17)19-11-10-18(29-4)12-21(19)26-23/h5-13,16H,14H2,1-4H3,(H,27,28). The van der Waals surface area contributed by atoms with Gasteiger partial charge in [-0.25, -0.2) is 4.98 Å². The Kier molecular flexibility index (Phi) is 6.63. The molecule has 0 aliphatic heterocycles. The van der Waals surface area contributed by atoms with Crippen LogP contribution in [-0.4, -0.2) is 29.3 Å². The summed E-state index contributed by atoms with van der Waals surface area (Å²) < 4.78 is 5.35. The molecule has 1 amide bonds. The van der Waals surface area contributed by atoms with E-state index in [1.54, 1.807) is 14.0 Å². The first-order valence-electron chi connectivity index (χ1n) is 9.75. The lowest BCUT2D eigenvalue weighted by Crippen LogP contribution is -2.49. The monoisotopic (exact) mass is 419 g/mol. The van der Waals surface area contributed by atoms with E-state index in [1.165, 1.54) is 11.8 Å². The number of nitriles is 1. The van der Waals surface area contributed by atoms with Gasteiger partial charge in [0.15, 0.2) is 0 Å². The van der Waals surface area contributed by atoms with Crippen LogP contribution >= 0.6 is 11.8 Å². The largest absolute Gasteiger partial charge is 0.497 e. The number of carbonyl (C=O) groups is 1. The predicted molar refractivity (Wildman–Crippen MR) is 121 cm³/mol. The number of benzene rings is 2. The minimum Gasteiger partial charge on any atom is -0.497 e. The number of fused-ring (bicyclic) bond motifs is 1. The van der Waals surface area contributed by atoms with Gasteiger partial charge in [0.05, 0.1) is 29.5 Å². The molecule has 3 aromatic rings. The lowest BCUT2D eigenvalue weighted by atomic mass is 9.90. The van der Waals surface area contributed by atoms with Crippen LogP contribution in [0.25, 0.3) is 22.0 Å². The fraction of sp³-hybridized carbons (Fsp3) is 0.292. The van der Waals surface area contributed by atoms with Crippen LogP contribution in [0.2, 0.25) is 0 Å². The Morgan fingerprint density at radius 1 is 1.23 bits per heavy atom. The molecule has 1 N–H and O–H groups in total. The molecule has 2 aromatic carbocycles. The van der Waals surface area contributed by atoms with Crippen LogP contribution in [0.4, 0.5) is 0 Å². The fourth-order valence-corrected chi connectivity index (χ4v) is 3.72. The summed E-state index contributed by atoms with van der Waals surface area (Å²) >= 11 is 1.36. The van der Waals surface area contributed by atoms with Crippen molar-refractivity contribution in [2.45, 2.75) is 31.3 Å². The highest BCUT2D eigenvalue weighted by atomic mass is 32.2. The summed E-state index contributed by atoms with van der Waals surface area (Å²) in [7, 11) is 1.63.